The van der Waals surface area contributed by atoms with Gasteiger partial charge in [0.2, 0.25) is 27.7 Å². The second-order valence-corrected chi connectivity index (χ2v) is 19.8. The summed E-state index contributed by atoms with van der Waals surface area (Å²) in [6, 6.07) is 1.27. The van der Waals surface area contributed by atoms with Crippen LogP contribution in [-0.2, 0) is 51.6 Å². The van der Waals surface area contributed by atoms with Gasteiger partial charge in [-0.1, -0.05) is 56.4 Å². The molecule has 3 heterocycles. The zero-order valence-electron chi connectivity index (χ0n) is 34.6. The molecule has 4 aliphatic carbocycles. The number of amides is 5. The summed E-state index contributed by atoms with van der Waals surface area (Å²) < 4.78 is 48.6. The maximum Gasteiger partial charge on any atom is 0.309 e. The van der Waals surface area contributed by atoms with Crippen LogP contribution in [-0.4, -0.2) is 100 Å². The first-order valence-corrected chi connectivity index (χ1v) is 23.6. The minimum absolute atomic E-state index is 0.0350. The smallest absolute Gasteiger partial charge is 0.309 e. The second kappa shape index (κ2) is 18.2. The number of carbonyl (C=O) groups excluding carboxylic acids is 6. The Morgan fingerprint density at radius 3 is 2.48 bits per heavy atom. The molecular formula is C44H54FN7O9S. The van der Waals surface area contributed by atoms with Crippen LogP contribution in [0.1, 0.15) is 112 Å². The fraction of sp³-hybridized carbons (Fsp3) is 0.591. The molecule has 3 saturated carbocycles. The highest BCUT2D eigenvalue weighted by atomic mass is 32.2. The molecule has 0 bridgehead atoms. The summed E-state index contributed by atoms with van der Waals surface area (Å²) >= 11 is 0. The SMILES string of the molecule is O=C(N[C@H](C(=O)N[C@H]1CCCCCC=CC2C[C@@]2(C(=O)NS(=O)(=O)C2CC2)NC(=O)C2C[C@@H](OC(=O)C3Cc4cccc(F)c4C3)CN2C1=O)C1CCCCC1)c1cnccn1. The number of aromatic nitrogens is 2. The van der Waals surface area contributed by atoms with Crippen molar-refractivity contribution in [3.8, 4) is 0 Å². The summed E-state index contributed by atoms with van der Waals surface area (Å²) in [6.07, 6.45) is 15.0. The predicted octanol–water partition coefficient (Wildman–Crippen LogP) is 2.71. The van der Waals surface area contributed by atoms with Crippen LogP contribution in [0.2, 0.25) is 0 Å². The van der Waals surface area contributed by atoms with Crippen molar-refractivity contribution < 1.29 is 46.3 Å². The molecule has 2 aromatic rings. The normalized spacial score (nSPS) is 28.5. The molecule has 1 saturated heterocycles. The van der Waals surface area contributed by atoms with Crippen molar-refractivity contribution in [2.45, 2.75) is 138 Å². The van der Waals surface area contributed by atoms with Gasteiger partial charge in [-0.3, -0.25) is 38.5 Å². The maximum absolute atomic E-state index is 14.9. The third kappa shape index (κ3) is 9.54. The van der Waals surface area contributed by atoms with Crippen molar-refractivity contribution in [1.29, 1.82) is 0 Å². The lowest BCUT2D eigenvalue weighted by Crippen LogP contribution is -2.60. The lowest BCUT2D eigenvalue weighted by Gasteiger charge is -2.33. The highest BCUT2D eigenvalue weighted by Gasteiger charge is 2.62. The summed E-state index contributed by atoms with van der Waals surface area (Å²) in [4.78, 5) is 94.0. The Bertz CT molecular complexity index is 2220. The Balaban J connectivity index is 1.06. The molecule has 6 aliphatic rings. The van der Waals surface area contributed by atoms with Gasteiger partial charge in [-0.15, -0.1) is 0 Å². The number of allylic oxidation sites excluding steroid dienone is 1. The monoisotopic (exact) mass is 875 g/mol. The number of benzene rings is 1. The quantitative estimate of drug-likeness (QED) is 0.201. The van der Waals surface area contributed by atoms with Crippen molar-refractivity contribution in [2.75, 3.05) is 6.54 Å². The first kappa shape index (κ1) is 43.4. The van der Waals surface area contributed by atoms with E-state index in [0.29, 0.717) is 56.1 Å². The van der Waals surface area contributed by atoms with E-state index < -0.39 is 98.2 Å². The third-order valence-electron chi connectivity index (χ3n) is 13.4. The van der Waals surface area contributed by atoms with Crippen LogP contribution in [0.4, 0.5) is 4.39 Å². The molecule has 16 nitrogen and oxygen atoms in total. The third-order valence-corrected chi connectivity index (χ3v) is 15.2. The molecule has 18 heteroatoms. The Hall–Kier alpha value is -5.26. The van der Waals surface area contributed by atoms with Crippen LogP contribution in [0.3, 0.4) is 0 Å². The molecule has 5 amide bonds. The number of halogens is 1. The summed E-state index contributed by atoms with van der Waals surface area (Å²) in [7, 11) is -3.96. The number of fused-ring (bicyclic) bond motifs is 3. The van der Waals surface area contributed by atoms with Gasteiger partial charge in [-0.05, 0) is 87.3 Å². The standard InChI is InChI=1S/C44H54FN7O9S/c45-33-14-9-12-27-20-28(21-32(27)33)42(57)61-30-22-36-39(54)50-44(43(58)51-62(59,60)31-16-17-31)23-29(44)13-7-2-1-3-8-15-34(41(56)52(36)25-30)48-40(55)37(26-10-5-4-6-11-26)49-38(53)35-24-46-18-19-47-35/h7,9,12-14,18-19,24,26,28-31,34,36-37H,1-6,8,10-11,15-17,20-23,25H2,(H,48,55)(H,49,53)(H,50,54)(H,51,58)/t28?,29?,30-,34+,36?,37+,44-/m1/s1. The Morgan fingerprint density at radius 2 is 1.74 bits per heavy atom. The zero-order valence-corrected chi connectivity index (χ0v) is 35.4. The molecule has 0 radical (unpaired) electrons. The van der Waals surface area contributed by atoms with Crippen molar-refractivity contribution in [1.82, 2.24) is 35.5 Å². The largest absolute Gasteiger partial charge is 0.460 e. The minimum atomic E-state index is -3.96. The van der Waals surface area contributed by atoms with E-state index in [-0.39, 0.29) is 50.3 Å². The number of esters is 1. The number of sulfonamides is 1. The van der Waals surface area contributed by atoms with Gasteiger partial charge in [0, 0.05) is 24.7 Å². The number of ether oxygens (including phenoxy) is 1. The summed E-state index contributed by atoms with van der Waals surface area (Å²) in [5.41, 5.74) is -0.408. The van der Waals surface area contributed by atoms with E-state index in [0.717, 1.165) is 25.7 Å². The van der Waals surface area contributed by atoms with Crippen LogP contribution >= 0.6 is 0 Å². The fourth-order valence-electron chi connectivity index (χ4n) is 9.64. The molecule has 2 aliphatic heterocycles. The fourth-order valence-corrected chi connectivity index (χ4v) is 11.0. The first-order valence-electron chi connectivity index (χ1n) is 22.0. The number of hydrogen-bond donors (Lipinski definition) is 4. The van der Waals surface area contributed by atoms with Gasteiger partial charge in [0.15, 0.2) is 0 Å². The van der Waals surface area contributed by atoms with Crippen LogP contribution in [0, 0.1) is 23.6 Å². The van der Waals surface area contributed by atoms with Gasteiger partial charge in [0.05, 0.1) is 23.9 Å². The second-order valence-electron chi connectivity index (χ2n) is 17.8. The molecule has 3 unspecified atom stereocenters. The number of hydrogen-bond acceptors (Lipinski definition) is 11. The lowest BCUT2D eigenvalue weighted by atomic mass is 9.83. The van der Waals surface area contributed by atoms with Crippen molar-refractivity contribution in [2.24, 2.45) is 17.8 Å². The summed E-state index contributed by atoms with van der Waals surface area (Å²) in [5.74, 6) is -5.74. The average molecular weight is 876 g/mol. The van der Waals surface area contributed by atoms with Gasteiger partial charge in [0.25, 0.3) is 11.8 Å². The van der Waals surface area contributed by atoms with Crippen LogP contribution in [0.25, 0.3) is 0 Å². The van der Waals surface area contributed by atoms with E-state index in [1.807, 2.05) is 12.2 Å². The highest BCUT2D eigenvalue weighted by molar-refractivity contribution is 7.91. The summed E-state index contributed by atoms with van der Waals surface area (Å²) in [6.45, 7) is -0.211. The minimum Gasteiger partial charge on any atom is -0.460 e. The molecule has 1 aromatic heterocycles. The van der Waals surface area contributed by atoms with E-state index in [1.54, 1.807) is 12.1 Å². The van der Waals surface area contributed by atoms with Crippen LogP contribution in [0.15, 0.2) is 48.9 Å². The van der Waals surface area contributed by atoms with E-state index in [4.69, 9.17) is 4.74 Å². The molecule has 4 fully saturated rings. The Labute approximate surface area is 360 Å². The molecule has 62 heavy (non-hydrogen) atoms. The predicted molar refractivity (Wildman–Crippen MR) is 220 cm³/mol. The molecular weight excluding hydrogens is 822 g/mol. The number of nitrogens with one attached hydrogen (secondary N) is 4. The van der Waals surface area contributed by atoms with Gasteiger partial charge in [-0.25, -0.2) is 17.8 Å². The Kier molecular flexibility index (Phi) is 12.8. The maximum atomic E-state index is 14.9. The molecule has 0 spiro atoms. The van der Waals surface area contributed by atoms with Crippen LogP contribution in [0.5, 0.6) is 0 Å². The van der Waals surface area contributed by atoms with Gasteiger partial charge in [0.1, 0.15) is 41.3 Å². The van der Waals surface area contributed by atoms with Crippen LogP contribution < -0.4 is 20.7 Å². The van der Waals surface area contributed by atoms with Gasteiger partial charge < -0.3 is 25.6 Å². The van der Waals surface area contributed by atoms with E-state index in [2.05, 4.69) is 30.6 Å². The van der Waals surface area contributed by atoms with E-state index in [9.17, 15) is 41.6 Å². The lowest BCUT2D eigenvalue weighted by molar-refractivity contribution is -0.153. The van der Waals surface area contributed by atoms with Gasteiger partial charge >= 0.3 is 5.97 Å². The zero-order chi connectivity index (χ0) is 43.6. The van der Waals surface area contributed by atoms with Crippen molar-refractivity contribution in [3.63, 3.8) is 0 Å². The molecule has 4 N–H and O–H groups in total. The first-order chi connectivity index (χ1) is 29.8. The number of rotatable bonds is 10. The van der Waals surface area contributed by atoms with E-state index >= 15 is 0 Å². The number of carbonyl (C=O) groups is 6. The summed E-state index contributed by atoms with van der Waals surface area (Å²) in [5, 5.41) is 7.94. The molecule has 7 atom stereocenters. The topological polar surface area (TPSA) is 223 Å². The van der Waals surface area contributed by atoms with E-state index in [1.165, 1.54) is 29.6 Å². The molecule has 332 valence electrons. The average Bonchev–Trinajstić information content (AvgIpc) is 4.15. The highest BCUT2D eigenvalue weighted by Crippen LogP contribution is 2.46. The number of nitrogens with zero attached hydrogens (tertiary/aromatic N) is 3. The molecule has 1 aromatic carbocycles. The van der Waals surface area contributed by atoms with Crippen molar-refractivity contribution in [3.05, 3.63) is 71.6 Å². The Morgan fingerprint density at radius 1 is 0.968 bits per heavy atom. The van der Waals surface area contributed by atoms with Gasteiger partial charge in [-0.2, -0.15) is 0 Å². The van der Waals surface area contributed by atoms with Crippen molar-refractivity contribution >= 4 is 45.5 Å². The molecule has 8 rings (SSSR count).